The molecular weight excluding hydrogens is 1040 g/mol. The number of aliphatic hydroxyl groups excluding tert-OH is 1. The van der Waals surface area contributed by atoms with E-state index >= 15 is 4.39 Å². The molecule has 6 aromatic rings. The Morgan fingerprint density at radius 2 is 1.55 bits per heavy atom. The van der Waals surface area contributed by atoms with Crippen LogP contribution in [0.1, 0.15) is 83.6 Å². The predicted octanol–water partition coefficient (Wildman–Crippen LogP) is 8.42. The second-order valence-corrected chi connectivity index (χ2v) is 23.8. The molecule has 1 aliphatic heterocycles. The number of β-amino-alcohol motifs (C(OH)–C–C–N with tert-alkyl or cyclic N) is 1. The van der Waals surface area contributed by atoms with E-state index in [4.69, 9.17) is 14.5 Å². The lowest BCUT2D eigenvalue weighted by Crippen LogP contribution is -2.58. The van der Waals surface area contributed by atoms with Crippen LogP contribution >= 0.6 is 22.7 Å². The first kappa shape index (κ1) is 57.3. The van der Waals surface area contributed by atoms with Gasteiger partial charge in [-0.15, -0.1) is 22.7 Å². The number of nitrogens with zero attached hydrogens (tertiary/aromatic N) is 5. The maximum atomic E-state index is 16.3. The number of nitrogens with one attached hydrogen (secondary N) is 4. The molecule has 406 valence electrons. The Balaban J connectivity index is 0.874. The zero-order valence-electron chi connectivity index (χ0n) is 43.4. The smallest absolute Gasteiger partial charge is 0.267 e. The van der Waals surface area contributed by atoms with Crippen LogP contribution in [0.5, 0.6) is 0 Å². The van der Waals surface area contributed by atoms with E-state index in [0.29, 0.717) is 15.6 Å². The van der Waals surface area contributed by atoms with Crippen molar-refractivity contribution in [3.05, 3.63) is 112 Å². The van der Waals surface area contributed by atoms with Crippen LogP contribution in [0.25, 0.3) is 32.3 Å². The van der Waals surface area contributed by atoms with Crippen molar-refractivity contribution in [3.63, 3.8) is 0 Å². The first-order valence-electron chi connectivity index (χ1n) is 24.5. The minimum absolute atomic E-state index is 0.0449. The molecule has 5 N–H and O–H groups in total. The zero-order valence-corrected chi connectivity index (χ0v) is 45.8. The number of hydrogen-bond donors (Lipinski definition) is 5. The van der Waals surface area contributed by atoms with E-state index in [1.54, 1.807) is 22.9 Å². The molecule has 0 bridgehead atoms. The summed E-state index contributed by atoms with van der Waals surface area (Å²) in [5.41, 5.74) is 3.37. The average molecular weight is 1110 g/mol. The number of benzene rings is 3. The Morgan fingerprint density at radius 1 is 0.868 bits per heavy atom. The Morgan fingerprint density at radius 3 is 2.21 bits per heavy atom. The molecule has 3 amide bonds. The van der Waals surface area contributed by atoms with Crippen LogP contribution in [0.4, 0.5) is 24.8 Å². The summed E-state index contributed by atoms with van der Waals surface area (Å²) in [5.74, 6) is -4.74. The number of carbonyl (C=O) groups excluding carboxylic acids is 3. The van der Waals surface area contributed by atoms with E-state index in [-0.39, 0.29) is 75.6 Å². The van der Waals surface area contributed by atoms with Crippen LogP contribution in [0.3, 0.4) is 0 Å². The number of sulfonamides is 1. The first-order chi connectivity index (χ1) is 35.9. The molecule has 4 unspecified atom stereocenters. The van der Waals surface area contributed by atoms with Crippen molar-refractivity contribution in [1.82, 2.24) is 35.5 Å². The van der Waals surface area contributed by atoms with Crippen LogP contribution in [-0.2, 0) is 39.3 Å². The third-order valence-corrected chi connectivity index (χ3v) is 16.2. The third-order valence-electron chi connectivity index (χ3n) is 12.3. The molecule has 3 aromatic carbocycles. The number of rotatable bonds is 21. The van der Waals surface area contributed by atoms with E-state index in [2.05, 4.69) is 30.9 Å². The van der Waals surface area contributed by atoms with Gasteiger partial charge in [0.25, 0.3) is 10.0 Å². The molecule has 7 rings (SSSR count). The number of hydrogen-bond acceptors (Lipinski definition) is 15. The molecule has 0 spiro atoms. The van der Waals surface area contributed by atoms with Gasteiger partial charge in [0.15, 0.2) is 10.7 Å². The zero-order chi connectivity index (χ0) is 55.1. The van der Waals surface area contributed by atoms with E-state index in [9.17, 15) is 36.7 Å². The second kappa shape index (κ2) is 24.3. The van der Waals surface area contributed by atoms with Gasteiger partial charge in [-0.3, -0.25) is 19.1 Å². The van der Waals surface area contributed by atoms with Crippen molar-refractivity contribution in [1.29, 1.82) is 0 Å². The molecule has 76 heavy (non-hydrogen) atoms. The fraction of sp³-hybridized carbons (Fsp3) is 0.415. The Labute approximate surface area is 448 Å². The molecule has 4 heterocycles. The molecule has 4 atom stereocenters. The first-order valence-corrected chi connectivity index (χ1v) is 27.7. The maximum Gasteiger partial charge on any atom is 0.267 e. The molecule has 0 radical (unpaired) electrons. The van der Waals surface area contributed by atoms with Gasteiger partial charge in [-0.2, -0.15) is 0 Å². The minimum Gasteiger partial charge on any atom is -0.391 e. The van der Waals surface area contributed by atoms with E-state index in [1.807, 2.05) is 84.4 Å². The molecular formula is C53H62F3N9O8S3. The lowest BCUT2D eigenvalue weighted by Gasteiger charge is -2.35. The second-order valence-electron chi connectivity index (χ2n) is 20.3. The number of carbonyl (C=O) groups is 3. The number of anilines is 2. The number of amides is 3. The highest BCUT2D eigenvalue weighted by atomic mass is 32.2. The van der Waals surface area contributed by atoms with Crippen molar-refractivity contribution in [2.45, 2.75) is 103 Å². The number of ether oxygens (including phenoxy) is 2. The summed E-state index contributed by atoms with van der Waals surface area (Å²) in [4.78, 5) is 60.7. The normalized spacial score (nSPS) is 15.8. The average Bonchev–Trinajstić information content (AvgIpc) is 4.13. The molecule has 0 aliphatic carbocycles. The summed E-state index contributed by atoms with van der Waals surface area (Å²) < 4.78 is 84.7. The topological polar surface area (TPSA) is 227 Å². The largest absolute Gasteiger partial charge is 0.391 e. The Kier molecular flexibility index (Phi) is 18.3. The van der Waals surface area contributed by atoms with Crippen molar-refractivity contribution in [2.24, 2.45) is 5.41 Å². The molecule has 17 nitrogen and oxygen atoms in total. The molecule has 1 saturated heterocycles. The summed E-state index contributed by atoms with van der Waals surface area (Å²) in [6.07, 6.45) is 0.613. The fourth-order valence-electron chi connectivity index (χ4n) is 8.27. The molecule has 1 fully saturated rings. The highest BCUT2D eigenvalue weighted by Gasteiger charge is 2.45. The fourth-order valence-corrected chi connectivity index (χ4v) is 11.4. The van der Waals surface area contributed by atoms with E-state index in [1.165, 1.54) is 34.6 Å². The Hall–Kier alpha value is -6.37. The number of aromatic nitrogens is 4. The van der Waals surface area contributed by atoms with Crippen molar-refractivity contribution in [2.75, 3.05) is 49.6 Å². The summed E-state index contributed by atoms with van der Waals surface area (Å²) in [5, 5.41) is 20.2. The highest BCUT2D eigenvalue weighted by molar-refractivity contribution is 7.92. The van der Waals surface area contributed by atoms with Crippen molar-refractivity contribution in [3.8, 4) is 32.3 Å². The predicted molar refractivity (Wildman–Crippen MR) is 286 cm³/mol. The lowest BCUT2D eigenvalue weighted by atomic mass is 9.85. The maximum absolute atomic E-state index is 16.3. The van der Waals surface area contributed by atoms with Crippen LogP contribution in [0.15, 0.2) is 83.3 Å². The van der Waals surface area contributed by atoms with Gasteiger partial charge in [0, 0.05) is 43.1 Å². The lowest BCUT2D eigenvalue weighted by molar-refractivity contribution is -0.144. The van der Waals surface area contributed by atoms with Gasteiger partial charge in [-0.1, -0.05) is 77.9 Å². The van der Waals surface area contributed by atoms with Gasteiger partial charge >= 0.3 is 0 Å². The number of likely N-dealkylation sites (tertiary alicyclic amines) is 1. The minimum atomic E-state index is -4.88. The standard InChI is InChI=1S/C53H62F3N9O8S3/c1-30(32-15-17-33(18-16-32)44-31(2)59-29-74-44)60-48(68)40-27-34(66)28-65(40)49(69)47(52(3,4)5)62-41(67)20-23-72-25-26-73-24-22-58-51-57-21-19-39(61-51)45-43(63-50(75-45)53(6,7)8)35-11-9-14-38(42(35)56)64-76(70,71)46-36(54)12-10-13-37(46)55/h9-19,21,29-30,34,40,47,64,66H,20,22-28H2,1-8H3,(H,60,68)(H,62,67)(H,57,58,61). The number of thiazole rings is 2. The van der Waals surface area contributed by atoms with Gasteiger partial charge in [0.05, 0.1) is 81.6 Å². The van der Waals surface area contributed by atoms with E-state index < -0.39 is 84.8 Å². The van der Waals surface area contributed by atoms with Gasteiger partial charge in [0.1, 0.15) is 23.7 Å². The van der Waals surface area contributed by atoms with Gasteiger partial charge in [-0.25, -0.2) is 41.5 Å². The summed E-state index contributed by atoms with van der Waals surface area (Å²) in [6.45, 7) is 15.9. The van der Waals surface area contributed by atoms with Crippen LogP contribution in [-0.4, -0.2) is 114 Å². The summed E-state index contributed by atoms with van der Waals surface area (Å²) in [6, 6.07) is 13.7. The summed E-state index contributed by atoms with van der Waals surface area (Å²) in [7, 11) is -4.88. The number of aryl methyl sites for hydroxylation is 1. The summed E-state index contributed by atoms with van der Waals surface area (Å²) >= 11 is 2.83. The molecule has 23 heteroatoms. The molecule has 3 aromatic heterocycles. The number of halogens is 3. The SMILES string of the molecule is Cc1ncsc1-c1ccc(C(C)NC(=O)C2CC(O)CN2C(=O)C(NC(=O)CCOCCOCCNc2nccc(-c3sc(C(C)(C)C)nc3-c3cccc(NS(=O)(=O)c4c(F)cccc4F)c3F)n2)C(C)(C)C)cc1. The third kappa shape index (κ3) is 14.0. The van der Waals surface area contributed by atoms with Crippen LogP contribution in [0.2, 0.25) is 0 Å². The Bertz CT molecular complexity index is 3120. The van der Waals surface area contributed by atoms with Crippen LogP contribution in [0, 0.1) is 29.8 Å². The van der Waals surface area contributed by atoms with Gasteiger partial charge < -0.3 is 35.4 Å². The van der Waals surface area contributed by atoms with Crippen LogP contribution < -0.4 is 20.7 Å². The number of aliphatic hydroxyl groups is 1. The highest BCUT2D eigenvalue weighted by Crippen LogP contribution is 2.42. The van der Waals surface area contributed by atoms with Crippen molar-refractivity contribution < 1.29 is 50.6 Å². The molecule has 1 aliphatic rings. The van der Waals surface area contributed by atoms with Gasteiger partial charge in [-0.05, 0) is 60.7 Å². The van der Waals surface area contributed by atoms with Gasteiger partial charge in [0.2, 0.25) is 23.7 Å². The quantitative estimate of drug-likeness (QED) is 0.0427. The van der Waals surface area contributed by atoms with Crippen molar-refractivity contribution >= 4 is 62.1 Å². The monoisotopic (exact) mass is 1110 g/mol. The molecule has 0 saturated carbocycles. The van der Waals surface area contributed by atoms with E-state index in [0.717, 1.165) is 46.0 Å².